The highest BCUT2D eigenvalue weighted by Crippen LogP contribution is 2.40. The van der Waals surface area contributed by atoms with E-state index in [0.29, 0.717) is 37.9 Å². The van der Waals surface area contributed by atoms with E-state index in [0.717, 1.165) is 21.9 Å². The zero-order chi connectivity index (χ0) is 26.3. The van der Waals surface area contributed by atoms with Gasteiger partial charge in [-0.3, -0.25) is 14.2 Å². The number of rotatable bonds is 6. The molecule has 1 aromatic heterocycles. The first-order valence-electron chi connectivity index (χ1n) is 11.7. The molecule has 1 atom stereocenters. The van der Waals surface area contributed by atoms with Crippen LogP contribution in [0.3, 0.4) is 0 Å². The van der Waals surface area contributed by atoms with Gasteiger partial charge >= 0.3 is 0 Å². The molecule has 0 N–H and O–H groups in total. The molecule has 0 fully saturated rings. The van der Waals surface area contributed by atoms with Gasteiger partial charge in [-0.1, -0.05) is 47.7 Å². The van der Waals surface area contributed by atoms with E-state index in [9.17, 15) is 9.59 Å². The van der Waals surface area contributed by atoms with Crippen molar-refractivity contribution in [2.24, 2.45) is 4.99 Å². The Morgan fingerprint density at radius 1 is 0.973 bits per heavy atom. The summed E-state index contributed by atoms with van der Waals surface area (Å²) in [5, 5.41) is 1.90. The number of ether oxygens (including phenoxy) is 3. The number of benzene rings is 3. The van der Waals surface area contributed by atoms with Crippen LogP contribution in [0, 0.1) is 0 Å². The smallest absolute Gasteiger partial charge is 0.271 e. The summed E-state index contributed by atoms with van der Waals surface area (Å²) in [7, 11) is 4.74. The first-order valence-corrected chi connectivity index (χ1v) is 12.5. The lowest BCUT2D eigenvalue weighted by Crippen LogP contribution is -2.39. The fourth-order valence-electron chi connectivity index (χ4n) is 4.87. The summed E-state index contributed by atoms with van der Waals surface area (Å²) in [6.45, 7) is 3.32. The molecule has 0 amide bonds. The number of carbonyl (C=O) groups is 1. The molecule has 1 aliphatic rings. The maximum Gasteiger partial charge on any atom is 0.271 e. The summed E-state index contributed by atoms with van der Waals surface area (Å²) in [5.41, 5.74) is 2.37. The number of methoxy groups -OCH3 is 3. The molecule has 8 heteroatoms. The molecule has 1 aliphatic heterocycles. The predicted molar refractivity (Wildman–Crippen MR) is 144 cm³/mol. The van der Waals surface area contributed by atoms with Crippen molar-refractivity contribution in [3.63, 3.8) is 0 Å². The Morgan fingerprint density at radius 2 is 1.68 bits per heavy atom. The van der Waals surface area contributed by atoms with Crippen LogP contribution in [-0.4, -0.2) is 31.7 Å². The molecule has 0 spiro atoms. The van der Waals surface area contributed by atoms with Crippen molar-refractivity contribution in [2.45, 2.75) is 19.9 Å². The lowest BCUT2D eigenvalue weighted by Gasteiger charge is -2.27. The number of hydrogen-bond acceptors (Lipinski definition) is 7. The molecule has 188 valence electrons. The lowest BCUT2D eigenvalue weighted by molar-refractivity contribution is -0.114. The van der Waals surface area contributed by atoms with Gasteiger partial charge in [-0.05, 0) is 54.5 Å². The number of Topliss-reactive ketones (excluding diaryl/α,β-unsaturated/α-hetero) is 1. The van der Waals surface area contributed by atoms with E-state index < -0.39 is 6.04 Å². The number of carbonyl (C=O) groups excluding carboxylic acids is 1. The van der Waals surface area contributed by atoms with Gasteiger partial charge in [0.1, 0.15) is 5.75 Å². The van der Waals surface area contributed by atoms with Gasteiger partial charge in [0.05, 0.1) is 31.9 Å². The Hall–Kier alpha value is -4.17. The molecular formula is C29H26N2O5S. The van der Waals surface area contributed by atoms with Crippen LogP contribution in [-0.2, 0) is 4.79 Å². The van der Waals surface area contributed by atoms with E-state index in [1.807, 2.05) is 55.5 Å². The predicted octanol–water partition coefficient (Wildman–Crippen LogP) is 4.00. The van der Waals surface area contributed by atoms with E-state index in [1.165, 1.54) is 18.3 Å². The second-order valence-electron chi connectivity index (χ2n) is 8.66. The molecule has 3 aromatic carbocycles. The summed E-state index contributed by atoms with van der Waals surface area (Å²) in [5.74, 6) is 1.63. The van der Waals surface area contributed by atoms with Gasteiger partial charge in [0, 0.05) is 16.8 Å². The van der Waals surface area contributed by atoms with Crippen molar-refractivity contribution in [1.82, 2.24) is 4.57 Å². The van der Waals surface area contributed by atoms with Crippen LogP contribution in [0.5, 0.6) is 17.2 Å². The third-order valence-corrected chi connectivity index (χ3v) is 7.51. The highest BCUT2D eigenvalue weighted by molar-refractivity contribution is 7.07. The van der Waals surface area contributed by atoms with Crippen LogP contribution < -0.4 is 29.1 Å². The van der Waals surface area contributed by atoms with Crippen molar-refractivity contribution >= 4 is 34.0 Å². The van der Waals surface area contributed by atoms with Gasteiger partial charge in [-0.2, -0.15) is 0 Å². The van der Waals surface area contributed by atoms with Crippen LogP contribution in [0.1, 0.15) is 31.0 Å². The fraction of sp³-hybridized carbons (Fsp3) is 0.207. The first-order chi connectivity index (χ1) is 17.9. The minimum atomic E-state index is -0.678. The van der Waals surface area contributed by atoms with Gasteiger partial charge in [0.15, 0.2) is 22.1 Å². The molecule has 7 nitrogen and oxygen atoms in total. The zero-order valence-corrected chi connectivity index (χ0v) is 22.0. The van der Waals surface area contributed by atoms with Crippen molar-refractivity contribution < 1.29 is 19.0 Å². The molecular weight excluding hydrogens is 488 g/mol. The monoisotopic (exact) mass is 514 g/mol. The summed E-state index contributed by atoms with van der Waals surface area (Å²) in [6.07, 6.45) is 1.80. The molecule has 0 unspecified atom stereocenters. The second kappa shape index (κ2) is 9.71. The Morgan fingerprint density at radius 3 is 2.38 bits per heavy atom. The number of allylic oxidation sites excluding steroid dienone is 2. The number of aromatic nitrogens is 1. The third-order valence-electron chi connectivity index (χ3n) is 6.53. The van der Waals surface area contributed by atoms with Crippen LogP contribution in [0.2, 0.25) is 0 Å². The molecule has 2 heterocycles. The molecule has 0 bridgehead atoms. The normalized spacial score (nSPS) is 15.4. The first kappa shape index (κ1) is 24.5. The SMILES string of the molecule is COc1ccc(/C=c2/sc3n(c2=O)[C@H](c2c(OC)ccc4ccccc24)C(C(C)=O)=C(C)N=3)cc1OC. The average molecular weight is 515 g/mol. The van der Waals surface area contributed by atoms with Crippen molar-refractivity contribution in [2.75, 3.05) is 21.3 Å². The number of nitrogens with zero attached hydrogens (tertiary/aromatic N) is 2. The van der Waals surface area contributed by atoms with Gasteiger partial charge in [0.2, 0.25) is 0 Å². The van der Waals surface area contributed by atoms with Crippen molar-refractivity contribution in [1.29, 1.82) is 0 Å². The third kappa shape index (κ3) is 4.13. The van der Waals surface area contributed by atoms with Gasteiger partial charge in [-0.15, -0.1) is 0 Å². The van der Waals surface area contributed by atoms with E-state index in [2.05, 4.69) is 4.99 Å². The van der Waals surface area contributed by atoms with E-state index in [4.69, 9.17) is 14.2 Å². The highest BCUT2D eigenvalue weighted by Gasteiger charge is 2.33. The number of fused-ring (bicyclic) bond motifs is 2. The minimum Gasteiger partial charge on any atom is -0.496 e. The minimum absolute atomic E-state index is 0.143. The Bertz CT molecular complexity index is 1760. The Kier molecular flexibility index (Phi) is 6.43. The topological polar surface area (TPSA) is 79.1 Å². The van der Waals surface area contributed by atoms with Crippen LogP contribution in [0.4, 0.5) is 0 Å². The molecule has 4 aromatic rings. The summed E-state index contributed by atoms with van der Waals surface area (Å²) in [6, 6.07) is 16.5. The van der Waals surface area contributed by atoms with Gasteiger partial charge in [-0.25, -0.2) is 4.99 Å². The van der Waals surface area contributed by atoms with E-state index in [-0.39, 0.29) is 11.3 Å². The van der Waals surface area contributed by atoms with Gasteiger partial charge < -0.3 is 14.2 Å². The van der Waals surface area contributed by atoms with Crippen molar-refractivity contribution in [3.05, 3.63) is 96.7 Å². The molecule has 0 aliphatic carbocycles. The maximum absolute atomic E-state index is 13.9. The van der Waals surface area contributed by atoms with Crippen molar-refractivity contribution in [3.8, 4) is 17.2 Å². The maximum atomic E-state index is 13.9. The van der Waals surface area contributed by atoms with Crippen LogP contribution in [0.25, 0.3) is 16.8 Å². The molecule has 0 radical (unpaired) electrons. The molecule has 37 heavy (non-hydrogen) atoms. The van der Waals surface area contributed by atoms with Crippen LogP contribution in [0.15, 0.2) is 75.7 Å². The second-order valence-corrected chi connectivity index (χ2v) is 9.66. The molecule has 5 rings (SSSR count). The highest BCUT2D eigenvalue weighted by atomic mass is 32.1. The zero-order valence-electron chi connectivity index (χ0n) is 21.2. The van der Waals surface area contributed by atoms with Crippen LogP contribution >= 0.6 is 11.3 Å². The number of thiazole rings is 1. The Labute approximate surface area is 217 Å². The van der Waals surface area contributed by atoms with E-state index in [1.54, 1.807) is 38.0 Å². The summed E-state index contributed by atoms with van der Waals surface area (Å²) in [4.78, 5) is 32.1. The molecule has 0 saturated carbocycles. The number of ketones is 1. The fourth-order valence-corrected chi connectivity index (χ4v) is 5.92. The van der Waals surface area contributed by atoms with E-state index >= 15 is 0 Å². The largest absolute Gasteiger partial charge is 0.496 e. The Balaban J connectivity index is 1.81. The number of hydrogen-bond donors (Lipinski definition) is 0. The molecule has 0 saturated heterocycles. The summed E-state index contributed by atoms with van der Waals surface area (Å²) < 4.78 is 18.6. The quantitative estimate of drug-likeness (QED) is 0.389. The average Bonchev–Trinajstić information content (AvgIpc) is 3.20. The summed E-state index contributed by atoms with van der Waals surface area (Å²) >= 11 is 1.28. The standard InChI is InChI=1S/C29H26N2O5S/c1-16-25(17(2)32)27(26-20-9-7-6-8-19(20)11-13-22(26)35-4)31-28(33)24(37-29(31)30-16)15-18-10-12-21(34-3)23(14-18)36-5/h6-15,27H,1-5H3/b24-15+/t27-/m0/s1. The lowest BCUT2D eigenvalue weighted by atomic mass is 9.89. The van der Waals surface area contributed by atoms with Gasteiger partial charge in [0.25, 0.3) is 5.56 Å².